The van der Waals surface area contributed by atoms with Crippen LogP contribution in [0.3, 0.4) is 0 Å². The summed E-state index contributed by atoms with van der Waals surface area (Å²) >= 11 is 0. The summed E-state index contributed by atoms with van der Waals surface area (Å²) < 4.78 is 39.2. The number of alkyl halides is 3. The Morgan fingerprint density at radius 2 is 1.95 bits per heavy atom. The van der Waals surface area contributed by atoms with E-state index in [1.165, 1.54) is 12.1 Å². The van der Waals surface area contributed by atoms with Gasteiger partial charge in [-0.25, -0.2) is 0 Å². The van der Waals surface area contributed by atoms with Crippen molar-refractivity contribution in [1.29, 1.82) is 0 Å². The summed E-state index contributed by atoms with van der Waals surface area (Å²) in [6.45, 7) is 2.81. The molecule has 0 saturated carbocycles. The summed E-state index contributed by atoms with van der Waals surface area (Å²) in [5.74, 6) is -0.832. The van der Waals surface area contributed by atoms with Gasteiger partial charge in [-0.2, -0.15) is 13.2 Å². The first kappa shape index (κ1) is 14.8. The highest BCUT2D eigenvalue weighted by Gasteiger charge is 2.35. The van der Waals surface area contributed by atoms with Gasteiger partial charge in [0.05, 0.1) is 5.56 Å². The molecule has 0 spiro atoms. The highest BCUT2D eigenvalue weighted by atomic mass is 19.4. The average Bonchev–Trinajstić information content (AvgIpc) is 2.38. The molecule has 7 heteroatoms. The van der Waals surface area contributed by atoms with E-state index in [4.69, 9.17) is 5.73 Å². The van der Waals surface area contributed by atoms with E-state index in [1.807, 2.05) is 4.90 Å². The first-order valence-electron chi connectivity index (χ1n) is 6.31. The third kappa shape index (κ3) is 3.29. The molecule has 1 amide bonds. The second kappa shape index (κ2) is 5.80. The molecule has 110 valence electrons. The van der Waals surface area contributed by atoms with E-state index in [2.05, 4.69) is 5.32 Å². The van der Waals surface area contributed by atoms with Crippen LogP contribution >= 0.6 is 0 Å². The van der Waals surface area contributed by atoms with Crippen LogP contribution in [-0.2, 0) is 12.7 Å². The van der Waals surface area contributed by atoms with Gasteiger partial charge < -0.3 is 11.1 Å². The highest BCUT2D eigenvalue weighted by Crippen LogP contribution is 2.34. The van der Waals surface area contributed by atoms with E-state index >= 15 is 0 Å². The molecular weight excluding hydrogens is 271 g/mol. The van der Waals surface area contributed by atoms with Gasteiger partial charge in [-0.05, 0) is 17.7 Å². The molecule has 20 heavy (non-hydrogen) atoms. The third-order valence-electron chi connectivity index (χ3n) is 3.34. The maximum Gasteiger partial charge on any atom is 0.416 e. The van der Waals surface area contributed by atoms with Crippen molar-refractivity contribution in [2.24, 2.45) is 5.73 Å². The zero-order chi connectivity index (χ0) is 14.8. The largest absolute Gasteiger partial charge is 0.416 e. The number of primary amides is 1. The van der Waals surface area contributed by atoms with Crippen molar-refractivity contribution in [3.8, 4) is 0 Å². The fourth-order valence-electron chi connectivity index (χ4n) is 2.35. The number of nitrogens with two attached hydrogens (primary N) is 1. The molecule has 0 bridgehead atoms. The predicted molar refractivity (Wildman–Crippen MR) is 68.1 cm³/mol. The van der Waals surface area contributed by atoms with Crippen molar-refractivity contribution in [1.82, 2.24) is 10.2 Å². The number of nitrogens with zero attached hydrogens (tertiary/aromatic N) is 1. The van der Waals surface area contributed by atoms with Crippen molar-refractivity contribution in [2.45, 2.75) is 12.7 Å². The molecule has 1 aromatic carbocycles. The Bertz CT molecular complexity index is 496. The second-order valence-electron chi connectivity index (χ2n) is 4.72. The van der Waals surface area contributed by atoms with Crippen LogP contribution in [0.5, 0.6) is 0 Å². The van der Waals surface area contributed by atoms with Crippen molar-refractivity contribution >= 4 is 5.91 Å². The van der Waals surface area contributed by atoms with E-state index in [-0.39, 0.29) is 17.7 Å². The Hall–Kier alpha value is -1.60. The number of nitrogens with one attached hydrogen (secondary N) is 1. The standard InChI is InChI=1S/C13H16F3N3O/c14-13(15,16)11-3-1-2-9(12(17)20)10(11)8-19-6-4-18-5-7-19/h1-3,18H,4-8H2,(H2,17,20). The van der Waals surface area contributed by atoms with Crippen LogP contribution in [0.2, 0.25) is 0 Å². The monoisotopic (exact) mass is 287 g/mol. The number of carbonyl (C=O) groups excluding carboxylic acids is 1. The number of piperazine rings is 1. The normalized spacial score (nSPS) is 17.1. The van der Waals surface area contributed by atoms with Crippen LogP contribution in [0.4, 0.5) is 13.2 Å². The van der Waals surface area contributed by atoms with Gasteiger partial charge >= 0.3 is 6.18 Å². The molecule has 0 aromatic heterocycles. The van der Waals surface area contributed by atoms with E-state index < -0.39 is 17.6 Å². The van der Waals surface area contributed by atoms with E-state index in [0.29, 0.717) is 13.1 Å². The SMILES string of the molecule is NC(=O)c1cccc(C(F)(F)F)c1CN1CCNCC1. The van der Waals surface area contributed by atoms with Crippen LogP contribution in [0.25, 0.3) is 0 Å². The number of halogens is 3. The molecule has 0 aliphatic carbocycles. The molecule has 0 atom stereocenters. The van der Waals surface area contributed by atoms with Crippen LogP contribution in [0.15, 0.2) is 18.2 Å². The smallest absolute Gasteiger partial charge is 0.366 e. The summed E-state index contributed by atoms with van der Waals surface area (Å²) in [6.07, 6.45) is -4.49. The second-order valence-corrected chi connectivity index (χ2v) is 4.72. The van der Waals surface area contributed by atoms with Gasteiger partial charge in [0.1, 0.15) is 0 Å². The van der Waals surface area contributed by atoms with E-state index in [9.17, 15) is 18.0 Å². The first-order valence-corrected chi connectivity index (χ1v) is 6.31. The minimum Gasteiger partial charge on any atom is -0.366 e. The molecule has 2 rings (SSSR count). The van der Waals surface area contributed by atoms with E-state index in [1.54, 1.807) is 0 Å². The molecule has 1 aliphatic heterocycles. The van der Waals surface area contributed by atoms with Crippen molar-refractivity contribution in [3.63, 3.8) is 0 Å². The average molecular weight is 287 g/mol. The maximum atomic E-state index is 13.1. The van der Waals surface area contributed by atoms with Gasteiger partial charge in [-0.3, -0.25) is 9.69 Å². The lowest BCUT2D eigenvalue weighted by Crippen LogP contribution is -2.43. The van der Waals surface area contributed by atoms with Crippen LogP contribution in [-0.4, -0.2) is 37.0 Å². The lowest BCUT2D eigenvalue weighted by Gasteiger charge is -2.29. The Labute approximate surface area is 114 Å². The van der Waals surface area contributed by atoms with Crippen LogP contribution < -0.4 is 11.1 Å². The Balaban J connectivity index is 2.38. The zero-order valence-electron chi connectivity index (χ0n) is 10.8. The number of hydrogen-bond donors (Lipinski definition) is 2. The Morgan fingerprint density at radius 1 is 1.30 bits per heavy atom. The minimum absolute atomic E-state index is 0.0330. The summed E-state index contributed by atoms with van der Waals surface area (Å²) in [5, 5.41) is 3.13. The molecule has 4 nitrogen and oxygen atoms in total. The summed E-state index contributed by atoms with van der Waals surface area (Å²) in [4.78, 5) is 13.2. The quantitative estimate of drug-likeness (QED) is 0.878. The fraction of sp³-hybridized carbons (Fsp3) is 0.462. The number of amides is 1. The number of rotatable bonds is 3. The van der Waals surface area contributed by atoms with Gasteiger partial charge in [-0.1, -0.05) is 6.07 Å². The molecule has 0 unspecified atom stereocenters. The summed E-state index contributed by atoms with van der Waals surface area (Å²) in [5.41, 5.74) is 4.32. The van der Waals surface area contributed by atoms with Crippen LogP contribution in [0, 0.1) is 0 Å². The fourth-order valence-corrected chi connectivity index (χ4v) is 2.35. The van der Waals surface area contributed by atoms with Gasteiger partial charge in [-0.15, -0.1) is 0 Å². The Morgan fingerprint density at radius 3 is 2.50 bits per heavy atom. The molecule has 3 N–H and O–H groups in total. The molecular formula is C13H16F3N3O. The highest BCUT2D eigenvalue weighted by molar-refractivity contribution is 5.94. The van der Waals surface area contributed by atoms with Gasteiger partial charge in [0.15, 0.2) is 0 Å². The van der Waals surface area contributed by atoms with Crippen molar-refractivity contribution in [2.75, 3.05) is 26.2 Å². The Kier molecular flexibility index (Phi) is 4.29. The lowest BCUT2D eigenvalue weighted by atomic mass is 9.99. The maximum absolute atomic E-state index is 13.1. The molecule has 1 fully saturated rings. The summed E-state index contributed by atoms with van der Waals surface area (Å²) in [6, 6.07) is 3.54. The van der Waals surface area contributed by atoms with Crippen molar-refractivity contribution in [3.05, 3.63) is 34.9 Å². The molecule has 1 aliphatic rings. The third-order valence-corrected chi connectivity index (χ3v) is 3.34. The molecule has 1 saturated heterocycles. The van der Waals surface area contributed by atoms with Gasteiger partial charge in [0.2, 0.25) is 5.91 Å². The molecule has 0 radical (unpaired) electrons. The number of hydrogen-bond acceptors (Lipinski definition) is 3. The zero-order valence-corrected chi connectivity index (χ0v) is 10.8. The first-order chi connectivity index (χ1) is 9.39. The summed E-state index contributed by atoms with van der Waals surface area (Å²) in [7, 11) is 0. The number of carbonyl (C=O) groups is 1. The van der Waals surface area contributed by atoms with Gasteiger partial charge in [0.25, 0.3) is 0 Å². The lowest BCUT2D eigenvalue weighted by molar-refractivity contribution is -0.138. The van der Waals surface area contributed by atoms with Crippen LogP contribution in [0.1, 0.15) is 21.5 Å². The van der Waals surface area contributed by atoms with E-state index in [0.717, 1.165) is 19.2 Å². The molecule has 1 aromatic rings. The van der Waals surface area contributed by atoms with Gasteiger partial charge in [0, 0.05) is 38.3 Å². The topological polar surface area (TPSA) is 58.4 Å². The minimum atomic E-state index is -4.49. The predicted octanol–water partition coefficient (Wildman–Crippen LogP) is 1.21. The molecule has 1 heterocycles. The van der Waals surface area contributed by atoms with Crippen molar-refractivity contribution < 1.29 is 18.0 Å². The number of benzene rings is 1.